The summed E-state index contributed by atoms with van der Waals surface area (Å²) >= 11 is 0. The molecule has 0 aliphatic carbocycles. The van der Waals surface area contributed by atoms with Crippen molar-refractivity contribution in [2.24, 2.45) is 5.84 Å². The summed E-state index contributed by atoms with van der Waals surface area (Å²) in [6, 6.07) is 13.6. The van der Waals surface area contributed by atoms with Crippen LogP contribution in [0.1, 0.15) is 12.0 Å². The van der Waals surface area contributed by atoms with Gasteiger partial charge in [0.2, 0.25) is 10.0 Å². The van der Waals surface area contributed by atoms with Gasteiger partial charge in [-0.1, -0.05) is 30.3 Å². The molecule has 0 saturated carbocycles. The van der Waals surface area contributed by atoms with Gasteiger partial charge in [0.1, 0.15) is 0 Å². The molecule has 0 saturated heterocycles. The van der Waals surface area contributed by atoms with Crippen molar-refractivity contribution in [2.45, 2.75) is 17.9 Å². The molecule has 2 aromatic rings. The van der Waals surface area contributed by atoms with Gasteiger partial charge in [-0.15, -0.1) is 0 Å². The van der Waals surface area contributed by atoms with Crippen LogP contribution >= 0.6 is 0 Å². The standard InChI is InChI=1S/C17H23N5O4S/c1-21(13-14-6-3-2-4-7-14)11-5-10-19-27(25,26)17-9-8-15(20-18)12-16(17)22(23)24/h2-4,6-9,12,19-20H,5,10-11,13,18H2,1H3. The molecule has 2 rings (SSSR count). The molecular formula is C17H23N5O4S. The highest BCUT2D eigenvalue weighted by Gasteiger charge is 2.25. The fraction of sp³-hybridized carbons (Fsp3) is 0.294. The van der Waals surface area contributed by atoms with E-state index in [-0.39, 0.29) is 17.1 Å². The maximum atomic E-state index is 12.4. The molecule has 2 aromatic carbocycles. The Hall–Kier alpha value is -2.53. The first-order valence-electron chi connectivity index (χ1n) is 8.30. The lowest BCUT2D eigenvalue weighted by Crippen LogP contribution is -2.28. The highest BCUT2D eigenvalue weighted by atomic mass is 32.2. The van der Waals surface area contributed by atoms with Gasteiger partial charge in [0.05, 0.1) is 10.6 Å². The predicted molar refractivity (Wildman–Crippen MR) is 103 cm³/mol. The first kappa shape index (κ1) is 20.8. The first-order valence-corrected chi connectivity index (χ1v) is 9.79. The van der Waals surface area contributed by atoms with Gasteiger partial charge in [-0.05, 0) is 37.7 Å². The number of anilines is 1. The Labute approximate surface area is 158 Å². The molecule has 146 valence electrons. The topological polar surface area (TPSA) is 131 Å². The number of sulfonamides is 1. The quantitative estimate of drug-likeness (QED) is 0.242. The summed E-state index contributed by atoms with van der Waals surface area (Å²) in [5.41, 5.74) is 3.16. The number of nitro groups is 1. The van der Waals surface area contributed by atoms with Crippen LogP contribution in [0.4, 0.5) is 11.4 Å². The second-order valence-corrected chi connectivity index (χ2v) is 7.79. The van der Waals surface area contributed by atoms with Crippen LogP contribution in [0, 0.1) is 10.1 Å². The smallest absolute Gasteiger partial charge is 0.291 e. The highest BCUT2D eigenvalue weighted by Crippen LogP contribution is 2.26. The van der Waals surface area contributed by atoms with Crippen LogP contribution in [0.15, 0.2) is 53.4 Å². The summed E-state index contributed by atoms with van der Waals surface area (Å²) in [5, 5.41) is 11.2. The molecule has 0 aromatic heterocycles. The van der Waals surface area contributed by atoms with E-state index in [4.69, 9.17) is 5.84 Å². The third kappa shape index (κ3) is 6.00. The van der Waals surface area contributed by atoms with Gasteiger partial charge < -0.3 is 10.3 Å². The molecule has 27 heavy (non-hydrogen) atoms. The lowest BCUT2D eigenvalue weighted by atomic mass is 10.2. The molecule has 0 amide bonds. The van der Waals surface area contributed by atoms with Gasteiger partial charge in [0.15, 0.2) is 4.90 Å². The number of hydrogen-bond donors (Lipinski definition) is 3. The van der Waals surface area contributed by atoms with Crippen LogP contribution in [0.3, 0.4) is 0 Å². The molecule has 10 heteroatoms. The van der Waals surface area contributed by atoms with Gasteiger partial charge in [-0.2, -0.15) is 0 Å². The van der Waals surface area contributed by atoms with Crippen LogP contribution in [-0.4, -0.2) is 38.4 Å². The van der Waals surface area contributed by atoms with Gasteiger partial charge in [0, 0.05) is 19.2 Å². The fourth-order valence-electron chi connectivity index (χ4n) is 2.58. The molecule has 0 spiro atoms. The van der Waals surface area contributed by atoms with Crippen LogP contribution < -0.4 is 16.0 Å². The van der Waals surface area contributed by atoms with Gasteiger partial charge in [-0.3, -0.25) is 16.0 Å². The second kappa shape index (κ2) is 9.42. The number of nitro benzene ring substituents is 1. The van der Waals surface area contributed by atoms with Crippen LogP contribution in [0.2, 0.25) is 0 Å². The van der Waals surface area contributed by atoms with E-state index in [2.05, 4.69) is 15.0 Å². The number of nitrogen functional groups attached to an aromatic ring is 1. The summed E-state index contributed by atoms with van der Waals surface area (Å²) in [5.74, 6) is 5.22. The molecule has 0 aliphatic heterocycles. The minimum Gasteiger partial charge on any atom is -0.324 e. The third-order valence-corrected chi connectivity index (χ3v) is 5.42. The van der Waals surface area contributed by atoms with Crippen LogP contribution in [0.25, 0.3) is 0 Å². The summed E-state index contributed by atoms with van der Waals surface area (Å²) < 4.78 is 27.2. The Bertz CT molecular complexity index is 874. The average Bonchev–Trinajstić information content (AvgIpc) is 2.65. The van der Waals surface area contributed by atoms with Gasteiger partial charge in [0.25, 0.3) is 5.69 Å². The van der Waals surface area contributed by atoms with E-state index in [0.29, 0.717) is 13.0 Å². The third-order valence-electron chi connectivity index (χ3n) is 3.92. The number of hydrogen-bond acceptors (Lipinski definition) is 7. The van der Waals surface area contributed by atoms with Crippen molar-refractivity contribution < 1.29 is 13.3 Å². The normalized spacial score (nSPS) is 11.5. The molecule has 0 fully saturated rings. The van der Waals surface area contributed by atoms with Crippen LogP contribution in [0.5, 0.6) is 0 Å². The van der Waals surface area contributed by atoms with Gasteiger partial charge in [-0.25, -0.2) is 13.1 Å². The van der Waals surface area contributed by atoms with E-state index >= 15 is 0 Å². The number of hydrazine groups is 1. The predicted octanol–water partition coefficient (Wildman–Crippen LogP) is 1.68. The zero-order valence-electron chi connectivity index (χ0n) is 15.0. The summed E-state index contributed by atoms with van der Waals surface area (Å²) in [4.78, 5) is 12.1. The van der Waals surface area contributed by atoms with Crippen molar-refractivity contribution in [1.29, 1.82) is 0 Å². The summed E-state index contributed by atoms with van der Waals surface area (Å²) in [6.45, 7) is 1.61. The molecule has 0 atom stereocenters. The van der Waals surface area contributed by atoms with E-state index in [1.54, 1.807) is 0 Å². The minimum atomic E-state index is -4.00. The van der Waals surface area contributed by atoms with Crippen molar-refractivity contribution in [1.82, 2.24) is 9.62 Å². The Morgan fingerprint density at radius 1 is 1.19 bits per heavy atom. The zero-order valence-corrected chi connectivity index (χ0v) is 15.8. The van der Waals surface area contributed by atoms with Crippen molar-refractivity contribution in [3.05, 3.63) is 64.2 Å². The SMILES string of the molecule is CN(CCCNS(=O)(=O)c1ccc(NN)cc1[N+](=O)[O-])Cc1ccccc1. The van der Waals surface area contributed by atoms with Crippen molar-refractivity contribution in [3.63, 3.8) is 0 Å². The van der Waals surface area contributed by atoms with E-state index in [1.807, 2.05) is 37.4 Å². The Morgan fingerprint density at radius 2 is 1.89 bits per heavy atom. The number of nitrogens with one attached hydrogen (secondary N) is 2. The van der Waals surface area contributed by atoms with Crippen molar-refractivity contribution in [3.8, 4) is 0 Å². The fourth-order valence-corrected chi connectivity index (χ4v) is 3.81. The maximum absolute atomic E-state index is 12.4. The Morgan fingerprint density at radius 3 is 2.52 bits per heavy atom. The summed E-state index contributed by atoms with van der Waals surface area (Å²) in [7, 11) is -2.05. The minimum absolute atomic E-state index is 0.176. The first-order chi connectivity index (χ1) is 12.8. The number of rotatable bonds is 10. The molecule has 4 N–H and O–H groups in total. The molecule has 9 nitrogen and oxygen atoms in total. The van der Waals surface area contributed by atoms with E-state index in [1.165, 1.54) is 11.6 Å². The molecule has 0 heterocycles. The average molecular weight is 393 g/mol. The van der Waals surface area contributed by atoms with Crippen LogP contribution in [-0.2, 0) is 16.6 Å². The monoisotopic (exact) mass is 393 g/mol. The molecule has 0 bridgehead atoms. The number of nitrogens with zero attached hydrogens (tertiary/aromatic N) is 2. The van der Waals surface area contributed by atoms with Crippen molar-refractivity contribution >= 4 is 21.4 Å². The Kier molecular flexibility index (Phi) is 7.25. The lowest BCUT2D eigenvalue weighted by Gasteiger charge is -2.16. The van der Waals surface area contributed by atoms with Crippen molar-refractivity contribution in [2.75, 3.05) is 25.6 Å². The Balaban J connectivity index is 1.92. The number of benzene rings is 2. The van der Waals surface area contributed by atoms with E-state index in [0.717, 1.165) is 18.7 Å². The zero-order chi connectivity index (χ0) is 19.9. The van der Waals surface area contributed by atoms with E-state index < -0.39 is 20.6 Å². The molecule has 0 radical (unpaired) electrons. The highest BCUT2D eigenvalue weighted by molar-refractivity contribution is 7.89. The number of nitrogens with two attached hydrogens (primary N) is 1. The molecule has 0 aliphatic rings. The lowest BCUT2D eigenvalue weighted by molar-refractivity contribution is -0.387. The molecular weight excluding hydrogens is 370 g/mol. The molecule has 0 unspecified atom stereocenters. The van der Waals surface area contributed by atoms with Gasteiger partial charge >= 0.3 is 0 Å². The van der Waals surface area contributed by atoms with E-state index in [9.17, 15) is 18.5 Å². The maximum Gasteiger partial charge on any atom is 0.291 e. The second-order valence-electron chi connectivity index (χ2n) is 6.06. The summed E-state index contributed by atoms with van der Waals surface area (Å²) in [6.07, 6.45) is 0.568. The largest absolute Gasteiger partial charge is 0.324 e.